The highest BCUT2D eigenvalue weighted by atomic mass is 31.2. The number of nitrogens with zero attached hydrogens (tertiary/aromatic N) is 1. The van der Waals surface area contributed by atoms with Crippen molar-refractivity contribution >= 4 is 19.8 Å². The second-order valence-corrected chi connectivity index (χ2v) is 18.9. The monoisotopic (exact) mass is 890 g/mol. The summed E-state index contributed by atoms with van der Waals surface area (Å²) in [6.07, 6.45) is 55.1. The quantitative estimate of drug-likeness (QED) is 0.0195. The summed E-state index contributed by atoms with van der Waals surface area (Å²) < 4.78 is 33.9. The first kappa shape index (κ1) is 59.5. The minimum absolute atomic E-state index is 0.0450. The minimum Gasteiger partial charge on any atom is -0.756 e. The van der Waals surface area contributed by atoms with E-state index >= 15 is 0 Å². The molecule has 10 heteroatoms. The Hall–Kier alpha value is -2.55. The van der Waals surface area contributed by atoms with Gasteiger partial charge in [-0.3, -0.25) is 14.2 Å². The number of esters is 2. The fourth-order valence-electron chi connectivity index (χ4n) is 6.34. The van der Waals surface area contributed by atoms with Gasteiger partial charge in [0.15, 0.2) is 6.10 Å². The number of carbonyl (C=O) groups excluding carboxylic acids is 2. The second kappa shape index (κ2) is 43.7. The molecule has 2 atom stereocenters. The highest BCUT2D eigenvalue weighted by Gasteiger charge is 2.21. The van der Waals surface area contributed by atoms with E-state index in [1.165, 1.54) is 109 Å². The number of allylic oxidation sites excluding steroid dienone is 12. The summed E-state index contributed by atoms with van der Waals surface area (Å²) in [7, 11) is 1.12. The van der Waals surface area contributed by atoms with Crippen molar-refractivity contribution in [3.05, 3.63) is 72.9 Å². The number of carbonyl (C=O) groups is 2. The summed E-state index contributed by atoms with van der Waals surface area (Å²) in [6.45, 7) is 4.11. The van der Waals surface area contributed by atoms with Crippen molar-refractivity contribution in [1.82, 2.24) is 0 Å². The third kappa shape index (κ3) is 46.9. The molecule has 0 aromatic carbocycles. The zero-order valence-electron chi connectivity index (χ0n) is 40.3. The molecule has 62 heavy (non-hydrogen) atoms. The van der Waals surface area contributed by atoms with Gasteiger partial charge in [0.2, 0.25) is 0 Å². The number of hydrogen-bond donors (Lipinski definition) is 0. The van der Waals surface area contributed by atoms with Gasteiger partial charge in [-0.1, -0.05) is 177 Å². The zero-order valence-corrected chi connectivity index (χ0v) is 41.2. The molecule has 0 rings (SSSR count). The van der Waals surface area contributed by atoms with Crippen molar-refractivity contribution in [1.29, 1.82) is 0 Å². The SMILES string of the molecule is CCCCC/C=C\C/C=C\C/C=C\C/C=C\C/C=C\CCC(=O)OC[C@H](COP(=O)([O-])OCC[N+](C)(C)C)OC(=O)CCCCCCCCCCC/C=C\CCCCCCCC. The Bertz CT molecular complexity index is 1280. The molecule has 0 aromatic heterocycles. The normalized spacial score (nSPS) is 14.1. The van der Waals surface area contributed by atoms with E-state index in [9.17, 15) is 19.0 Å². The van der Waals surface area contributed by atoms with Crippen LogP contribution in [0.25, 0.3) is 0 Å². The molecule has 0 heterocycles. The predicted octanol–water partition coefficient (Wildman–Crippen LogP) is 13.9. The lowest BCUT2D eigenvalue weighted by atomic mass is 10.1. The first-order valence-electron chi connectivity index (χ1n) is 24.6. The maximum atomic E-state index is 12.7. The predicted molar refractivity (Wildman–Crippen MR) is 259 cm³/mol. The van der Waals surface area contributed by atoms with E-state index in [2.05, 4.69) is 74.6 Å². The summed E-state index contributed by atoms with van der Waals surface area (Å²) >= 11 is 0. The van der Waals surface area contributed by atoms with E-state index in [0.29, 0.717) is 23.9 Å². The lowest BCUT2D eigenvalue weighted by Crippen LogP contribution is -2.37. The largest absolute Gasteiger partial charge is 0.756 e. The molecule has 9 nitrogen and oxygen atoms in total. The van der Waals surface area contributed by atoms with Crippen LogP contribution in [0.3, 0.4) is 0 Å². The molecule has 0 saturated carbocycles. The van der Waals surface area contributed by atoms with E-state index in [1.807, 2.05) is 33.3 Å². The first-order valence-corrected chi connectivity index (χ1v) is 26.1. The molecule has 0 aliphatic carbocycles. The van der Waals surface area contributed by atoms with Crippen molar-refractivity contribution in [2.24, 2.45) is 0 Å². The maximum absolute atomic E-state index is 12.7. The fourth-order valence-corrected chi connectivity index (χ4v) is 7.07. The molecule has 0 saturated heterocycles. The standard InChI is InChI=1S/C52H92NO8P/c1-6-8-10-12-14-16-18-20-22-24-26-28-30-32-34-36-38-40-42-44-51(54)58-48-50(49-60-62(56,57)59-47-46-53(3,4)5)61-52(55)45-43-41-39-37-35-33-31-29-27-25-23-21-19-17-15-13-11-9-7-2/h14,16,20-23,26,28,32,34,38,40,50H,6-13,15,17-19,24-25,27,29-31,33,35-37,39,41-49H2,1-5H3/b16-14-,22-20-,23-21-,28-26-,34-32-,40-38-/t50-/m1/s1. The molecular formula is C52H92NO8P. The number of hydrogen-bond acceptors (Lipinski definition) is 8. The molecule has 1 unspecified atom stereocenters. The molecule has 0 radical (unpaired) electrons. The van der Waals surface area contributed by atoms with Crippen molar-refractivity contribution < 1.29 is 42.1 Å². The van der Waals surface area contributed by atoms with Crippen LogP contribution < -0.4 is 4.89 Å². The van der Waals surface area contributed by atoms with Crippen LogP contribution in [0.5, 0.6) is 0 Å². The molecule has 0 aliphatic rings. The van der Waals surface area contributed by atoms with Crippen molar-refractivity contribution in [2.45, 2.75) is 200 Å². The second-order valence-electron chi connectivity index (χ2n) is 17.5. The number of likely N-dealkylation sites (N-methyl/N-ethyl adjacent to an activating group) is 1. The van der Waals surface area contributed by atoms with Crippen molar-refractivity contribution in [3.8, 4) is 0 Å². The van der Waals surface area contributed by atoms with Gasteiger partial charge in [-0.2, -0.15) is 0 Å². The van der Waals surface area contributed by atoms with Gasteiger partial charge in [0, 0.05) is 12.8 Å². The Morgan fingerprint density at radius 2 is 0.903 bits per heavy atom. The van der Waals surface area contributed by atoms with E-state index in [1.54, 1.807) is 0 Å². The lowest BCUT2D eigenvalue weighted by Gasteiger charge is -2.28. The molecule has 0 aliphatic heterocycles. The molecule has 0 bridgehead atoms. The van der Waals surface area contributed by atoms with E-state index in [0.717, 1.165) is 44.9 Å². The molecule has 0 fully saturated rings. The van der Waals surface area contributed by atoms with Crippen LogP contribution in [0.4, 0.5) is 0 Å². The maximum Gasteiger partial charge on any atom is 0.306 e. The van der Waals surface area contributed by atoms with Gasteiger partial charge in [-0.25, -0.2) is 0 Å². The summed E-state index contributed by atoms with van der Waals surface area (Å²) in [4.78, 5) is 37.6. The van der Waals surface area contributed by atoms with Crippen LogP contribution >= 0.6 is 7.82 Å². The van der Waals surface area contributed by atoms with Crippen molar-refractivity contribution in [2.75, 3.05) is 47.5 Å². The summed E-state index contributed by atoms with van der Waals surface area (Å²) in [5.41, 5.74) is 0. The third-order valence-electron chi connectivity index (χ3n) is 10.2. The molecule has 0 spiro atoms. The molecular weight excluding hydrogens is 798 g/mol. The number of unbranched alkanes of at least 4 members (excludes halogenated alkanes) is 18. The molecule has 0 N–H and O–H groups in total. The topological polar surface area (TPSA) is 111 Å². The van der Waals surface area contributed by atoms with Gasteiger partial charge in [-0.15, -0.1) is 0 Å². The minimum atomic E-state index is -4.65. The Morgan fingerprint density at radius 1 is 0.500 bits per heavy atom. The first-order chi connectivity index (χ1) is 30.0. The summed E-state index contributed by atoms with van der Waals surface area (Å²) in [5, 5.41) is 0. The molecule has 0 amide bonds. The molecule has 358 valence electrons. The van der Waals surface area contributed by atoms with Gasteiger partial charge in [-0.05, 0) is 77.0 Å². The number of rotatable bonds is 44. The average molecular weight is 890 g/mol. The Morgan fingerprint density at radius 3 is 1.40 bits per heavy atom. The number of quaternary nitrogens is 1. The summed E-state index contributed by atoms with van der Waals surface area (Å²) in [5.74, 6) is -0.935. The van der Waals surface area contributed by atoms with Gasteiger partial charge in [0.05, 0.1) is 27.7 Å². The van der Waals surface area contributed by atoms with Crippen LogP contribution in [0.1, 0.15) is 194 Å². The van der Waals surface area contributed by atoms with Crippen LogP contribution in [0.15, 0.2) is 72.9 Å². The van der Waals surface area contributed by atoms with Crippen molar-refractivity contribution in [3.63, 3.8) is 0 Å². The van der Waals surface area contributed by atoms with Gasteiger partial charge < -0.3 is 27.9 Å². The van der Waals surface area contributed by atoms with E-state index in [4.69, 9.17) is 18.5 Å². The van der Waals surface area contributed by atoms with Crippen LogP contribution in [-0.4, -0.2) is 70.0 Å². The van der Waals surface area contributed by atoms with E-state index in [-0.39, 0.29) is 26.1 Å². The highest BCUT2D eigenvalue weighted by Crippen LogP contribution is 2.38. The Balaban J connectivity index is 4.41. The fraction of sp³-hybridized carbons (Fsp3) is 0.731. The zero-order chi connectivity index (χ0) is 45.7. The lowest BCUT2D eigenvalue weighted by molar-refractivity contribution is -0.870. The third-order valence-corrected chi connectivity index (χ3v) is 11.2. The smallest absolute Gasteiger partial charge is 0.306 e. The van der Waals surface area contributed by atoms with Gasteiger partial charge in [0.1, 0.15) is 19.8 Å². The number of ether oxygens (including phenoxy) is 2. The van der Waals surface area contributed by atoms with Crippen LogP contribution in [0.2, 0.25) is 0 Å². The van der Waals surface area contributed by atoms with Crippen LogP contribution in [0, 0.1) is 0 Å². The van der Waals surface area contributed by atoms with E-state index < -0.39 is 32.5 Å². The summed E-state index contributed by atoms with van der Waals surface area (Å²) in [6, 6.07) is 0. The Kier molecular flexibility index (Phi) is 41.9. The Labute approximate surface area is 380 Å². The van der Waals surface area contributed by atoms with Gasteiger partial charge >= 0.3 is 11.9 Å². The average Bonchev–Trinajstić information content (AvgIpc) is 3.23. The number of phosphoric ester groups is 1. The molecule has 0 aromatic rings. The highest BCUT2D eigenvalue weighted by molar-refractivity contribution is 7.45. The van der Waals surface area contributed by atoms with Crippen LogP contribution in [-0.2, 0) is 32.7 Å². The number of phosphoric acid groups is 1. The van der Waals surface area contributed by atoms with Gasteiger partial charge in [0.25, 0.3) is 7.82 Å².